The van der Waals surface area contributed by atoms with Crippen molar-refractivity contribution < 1.29 is 28.7 Å². The van der Waals surface area contributed by atoms with Crippen LogP contribution in [0.3, 0.4) is 0 Å². The number of hydrogen-bond donors (Lipinski definition) is 2. The van der Waals surface area contributed by atoms with Crippen molar-refractivity contribution in [3.05, 3.63) is 29.8 Å². The highest BCUT2D eigenvalue weighted by atomic mass is 35.5. The van der Waals surface area contributed by atoms with E-state index < -0.39 is 29.9 Å². The average molecular weight is 518 g/mol. The maximum absolute atomic E-state index is 12.9. The number of carbonyl (C=O) groups excluding carboxylic acids is 4. The predicted molar refractivity (Wildman–Crippen MR) is 131 cm³/mol. The van der Waals surface area contributed by atoms with E-state index in [1.54, 1.807) is 13.8 Å². The first-order valence-corrected chi connectivity index (χ1v) is 12.2. The molecule has 1 rings (SSSR count). The Balaban J connectivity index is 2.89. The van der Waals surface area contributed by atoms with Crippen LogP contribution in [0.1, 0.15) is 32.3 Å². The lowest BCUT2D eigenvalue weighted by Gasteiger charge is -2.24. The van der Waals surface area contributed by atoms with E-state index in [0.29, 0.717) is 31.3 Å². The Labute approximate surface area is 210 Å². The molecule has 11 heteroatoms. The summed E-state index contributed by atoms with van der Waals surface area (Å²) in [5.41, 5.74) is 1.74. The summed E-state index contributed by atoms with van der Waals surface area (Å²) < 4.78 is 9.89. The van der Waals surface area contributed by atoms with Crippen LogP contribution < -0.4 is 15.5 Å². The summed E-state index contributed by atoms with van der Waals surface area (Å²) in [7, 11) is 0. The van der Waals surface area contributed by atoms with Gasteiger partial charge in [0, 0.05) is 43.4 Å². The van der Waals surface area contributed by atoms with Crippen molar-refractivity contribution in [1.82, 2.24) is 10.6 Å². The van der Waals surface area contributed by atoms with Gasteiger partial charge >= 0.3 is 11.9 Å². The fourth-order valence-electron chi connectivity index (χ4n) is 3.22. The lowest BCUT2D eigenvalue weighted by Crippen LogP contribution is -2.51. The quantitative estimate of drug-likeness (QED) is 0.184. The first-order valence-electron chi connectivity index (χ1n) is 11.2. The summed E-state index contributed by atoms with van der Waals surface area (Å²) in [6.45, 7) is 4.95. The molecule has 1 aromatic rings. The normalized spacial score (nSPS) is 12.2. The van der Waals surface area contributed by atoms with E-state index in [0.717, 1.165) is 11.3 Å². The average Bonchev–Trinajstić information content (AvgIpc) is 2.82. The van der Waals surface area contributed by atoms with Crippen LogP contribution >= 0.6 is 23.2 Å². The number of benzene rings is 1. The molecule has 34 heavy (non-hydrogen) atoms. The van der Waals surface area contributed by atoms with Crippen LogP contribution in [-0.4, -0.2) is 74.4 Å². The molecule has 0 saturated carbocycles. The number of nitrogens with zero attached hydrogens (tertiary/aromatic N) is 1. The molecular formula is C23H33Cl2N3O6. The molecule has 190 valence electrons. The standard InChI is InChI=1S/C23H33Cl2N3O6/c1-3-33-21(30)10-9-19(23(32)34-4-2)27-22(31)20(26-16-29)15-17-5-7-18(8-6-17)28(13-11-24)14-12-25/h5-8,16,19-20H,3-4,9-15H2,1-2H3,(H,26,29)(H,27,31)/t19-,20+/m1/s1. The molecule has 0 saturated heterocycles. The molecule has 0 radical (unpaired) electrons. The van der Waals surface area contributed by atoms with Gasteiger partial charge in [0.1, 0.15) is 12.1 Å². The first kappa shape index (κ1) is 29.5. The minimum absolute atomic E-state index is 0.0168. The molecular weight excluding hydrogens is 485 g/mol. The van der Waals surface area contributed by atoms with E-state index in [9.17, 15) is 19.2 Å². The zero-order valence-corrected chi connectivity index (χ0v) is 21.1. The number of hydrogen-bond acceptors (Lipinski definition) is 7. The molecule has 2 amide bonds. The highest BCUT2D eigenvalue weighted by Crippen LogP contribution is 2.17. The molecule has 1 aromatic carbocycles. The van der Waals surface area contributed by atoms with Crippen LogP contribution in [0.4, 0.5) is 5.69 Å². The maximum atomic E-state index is 12.9. The van der Waals surface area contributed by atoms with Gasteiger partial charge in [0.15, 0.2) is 0 Å². The number of anilines is 1. The third kappa shape index (κ3) is 10.6. The van der Waals surface area contributed by atoms with Crippen LogP contribution in [-0.2, 0) is 35.1 Å². The second-order valence-corrected chi connectivity index (χ2v) is 7.99. The molecule has 0 aliphatic carbocycles. The highest BCUT2D eigenvalue weighted by Gasteiger charge is 2.27. The smallest absolute Gasteiger partial charge is 0.328 e. The van der Waals surface area contributed by atoms with Crippen molar-refractivity contribution in [1.29, 1.82) is 0 Å². The topological polar surface area (TPSA) is 114 Å². The molecule has 0 heterocycles. The Morgan fingerprint density at radius 2 is 1.62 bits per heavy atom. The van der Waals surface area contributed by atoms with Gasteiger partial charge in [-0.1, -0.05) is 12.1 Å². The fraction of sp³-hybridized carbons (Fsp3) is 0.565. The van der Waals surface area contributed by atoms with Crippen LogP contribution in [0.2, 0.25) is 0 Å². The van der Waals surface area contributed by atoms with Crippen molar-refractivity contribution in [2.45, 2.75) is 45.2 Å². The van der Waals surface area contributed by atoms with E-state index >= 15 is 0 Å². The van der Waals surface area contributed by atoms with Gasteiger partial charge < -0.3 is 25.0 Å². The summed E-state index contributed by atoms with van der Waals surface area (Å²) in [6, 6.07) is 5.51. The van der Waals surface area contributed by atoms with E-state index in [1.807, 2.05) is 29.2 Å². The molecule has 0 aliphatic heterocycles. The molecule has 0 spiro atoms. The Bertz CT molecular complexity index is 772. The number of nitrogens with one attached hydrogen (secondary N) is 2. The van der Waals surface area contributed by atoms with Gasteiger partial charge in [0.05, 0.1) is 13.2 Å². The Morgan fingerprint density at radius 3 is 2.15 bits per heavy atom. The molecule has 0 bridgehead atoms. The van der Waals surface area contributed by atoms with Gasteiger partial charge in [0.2, 0.25) is 12.3 Å². The Kier molecular flexibility index (Phi) is 14.8. The molecule has 0 aliphatic rings. The minimum Gasteiger partial charge on any atom is -0.466 e. The van der Waals surface area contributed by atoms with Gasteiger partial charge in [-0.25, -0.2) is 4.79 Å². The monoisotopic (exact) mass is 517 g/mol. The second-order valence-electron chi connectivity index (χ2n) is 7.23. The highest BCUT2D eigenvalue weighted by molar-refractivity contribution is 6.18. The molecule has 0 fully saturated rings. The summed E-state index contributed by atoms with van der Waals surface area (Å²) in [5.74, 6) is -0.785. The Morgan fingerprint density at radius 1 is 1.00 bits per heavy atom. The lowest BCUT2D eigenvalue weighted by molar-refractivity contribution is -0.149. The number of esters is 2. The number of ether oxygens (including phenoxy) is 2. The van der Waals surface area contributed by atoms with E-state index in [4.69, 9.17) is 32.7 Å². The summed E-state index contributed by atoms with van der Waals surface area (Å²) in [6.07, 6.45) is 0.581. The molecule has 2 atom stereocenters. The predicted octanol–water partition coefficient (Wildman–Crippen LogP) is 2.02. The summed E-state index contributed by atoms with van der Waals surface area (Å²) in [4.78, 5) is 50.0. The van der Waals surface area contributed by atoms with Gasteiger partial charge in [0.25, 0.3) is 0 Å². The largest absolute Gasteiger partial charge is 0.466 e. The van der Waals surface area contributed by atoms with Crippen molar-refractivity contribution >= 4 is 53.1 Å². The number of amides is 2. The van der Waals surface area contributed by atoms with Crippen LogP contribution in [0.25, 0.3) is 0 Å². The molecule has 0 aromatic heterocycles. The number of carbonyl (C=O) groups is 4. The summed E-state index contributed by atoms with van der Waals surface area (Å²) in [5, 5.41) is 5.08. The third-order valence-corrected chi connectivity index (χ3v) is 5.20. The molecule has 2 N–H and O–H groups in total. The number of halogens is 2. The SMILES string of the molecule is CCOC(=O)CC[C@@H](NC(=O)[C@H](Cc1ccc(N(CCCl)CCCl)cc1)NC=O)C(=O)OCC. The molecule has 0 unspecified atom stereocenters. The van der Waals surface area contributed by atoms with E-state index in [2.05, 4.69) is 10.6 Å². The Hall–Kier alpha value is -2.52. The van der Waals surface area contributed by atoms with E-state index in [-0.39, 0.29) is 32.5 Å². The first-order chi connectivity index (χ1) is 16.4. The number of rotatable bonds is 17. The van der Waals surface area contributed by atoms with Gasteiger partial charge in [-0.2, -0.15) is 0 Å². The van der Waals surface area contributed by atoms with Crippen LogP contribution in [0, 0.1) is 0 Å². The van der Waals surface area contributed by atoms with E-state index in [1.165, 1.54) is 0 Å². The zero-order chi connectivity index (χ0) is 25.3. The van der Waals surface area contributed by atoms with Crippen LogP contribution in [0.5, 0.6) is 0 Å². The van der Waals surface area contributed by atoms with Crippen molar-refractivity contribution in [3.63, 3.8) is 0 Å². The minimum atomic E-state index is -1.05. The second kappa shape index (κ2) is 17.0. The lowest BCUT2D eigenvalue weighted by atomic mass is 10.0. The van der Waals surface area contributed by atoms with Crippen molar-refractivity contribution in [2.75, 3.05) is 43.0 Å². The van der Waals surface area contributed by atoms with Gasteiger partial charge in [-0.15, -0.1) is 23.2 Å². The van der Waals surface area contributed by atoms with Crippen molar-refractivity contribution in [2.24, 2.45) is 0 Å². The van der Waals surface area contributed by atoms with Gasteiger partial charge in [-0.05, 0) is 38.0 Å². The fourth-order valence-corrected chi connectivity index (χ4v) is 3.63. The third-order valence-electron chi connectivity index (χ3n) is 4.87. The number of alkyl halides is 2. The van der Waals surface area contributed by atoms with Gasteiger partial charge in [-0.3, -0.25) is 14.4 Å². The maximum Gasteiger partial charge on any atom is 0.328 e. The van der Waals surface area contributed by atoms with Crippen molar-refractivity contribution in [3.8, 4) is 0 Å². The summed E-state index contributed by atoms with van der Waals surface area (Å²) >= 11 is 11.7. The molecule has 9 nitrogen and oxygen atoms in total. The zero-order valence-electron chi connectivity index (χ0n) is 19.6. The van der Waals surface area contributed by atoms with Crippen LogP contribution in [0.15, 0.2) is 24.3 Å².